The summed E-state index contributed by atoms with van der Waals surface area (Å²) in [7, 11) is -3.06. The van der Waals surface area contributed by atoms with Gasteiger partial charge in [-0.05, 0) is 35.9 Å². The molecule has 9 nitrogen and oxygen atoms in total. The lowest BCUT2D eigenvalue weighted by Crippen LogP contribution is -2.47. The van der Waals surface area contributed by atoms with Gasteiger partial charge in [0.2, 0.25) is 0 Å². The Kier molecular flexibility index (Phi) is 5.97. The predicted octanol–water partition coefficient (Wildman–Crippen LogP) is 4.04. The summed E-state index contributed by atoms with van der Waals surface area (Å²) in [4.78, 5) is 15.8. The number of rotatable bonds is 6. The van der Waals surface area contributed by atoms with Crippen LogP contribution in [0.3, 0.4) is 0 Å². The average Bonchev–Trinajstić information content (AvgIpc) is 3.10. The summed E-state index contributed by atoms with van der Waals surface area (Å²) in [5, 5.41) is 7.61. The fourth-order valence-electron chi connectivity index (χ4n) is 3.23. The van der Waals surface area contributed by atoms with E-state index in [0.717, 1.165) is 4.31 Å². The minimum absolute atomic E-state index is 0.0978. The first-order valence-electron chi connectivity index (χ1n) is 9.52. The molecule has 0 atom stereocenters. The maximum absolute atomic E-state index is 13.1. The monoisotopic (exact) mass is 456 g/mol. The second-order valence-corrected chi connectivity index (χ2v) is 15.2. The fraction of sp³-hybridized carbons (Fsp3) is 0.250. The van der Waals surface area contributed by atoms with Crippen LogP contribution >= 0.6 is 0 Å². The van der Waals surface area contributed by atoms with Crippen LogP contribution in [-0.4, -0.2) is 44.8 Å². The number of carbonyl (C=O) groups excluding carboxylic acids is 1. The van der Waals surface area contributed by atoms with Crippen molar-refractivity contribution >= 4 is 51.8 Å². The van der Waals surface area contributed by atoms with Gasteiger partial charge < -0.3 is 5.32 Å². The topological polar surface area (TPSA) is 120 Å². The lowest BCUT2D eigenvalue weighted by molar-refractivity contribution is 0.102. The highest BCUT2D eigenvalue weighted by atomic mass is 32.2. The minimum Gasteiger partial charge on any atom is -0.322 e. The number of aromatic nitrogens is 1. The number of nitrogens with zero attached hydrogens (tertiary/aromatic N) is 5. The Morgan fingerprint density at radius 2 is 1.77 bits per heavy atom. The molecule has 1 N–H and O–H groups in total. The Labute approximate surface area is 182 Å². The number of fused-ring (bicyclic) bond motifs is 1. The average molecular weight is 457 g/mol. The van der Waals surface area contributed by atoms with Gasteiger partial charge in [-0.1, -0.05) is 43.0 Å². The lowest BCUT2D eigenvalue weighted by Gasteiger charge is -2.22. The Morgan fingerprint density at radius 3 is 2.32 bits per heavy atom. The van der Waals surface area contributed by atoms with Crippen molar-refractivity contribution in [3.8, 4) is 0 Å². The number of hydrogen-bond acceptors (Lipinski definition) is 4. The molecule has 0 bridgehead atoms. The van der Waals surface area contributed by atoms with Crippen molar-refractivity contribution in [2.45, 2.75) is 19.6 Å². The molecular formula is C20H24N6O3SSi. The molecule has 11 heteroatoms. The molecular weight excluding hydrogens is 432 g/mol. The van der Waals surface area contributed by atoms with Crippen LogP contribution in [0.15, 0.2) is 53.6 Å². The third-order valence-corrected chi connectivity index (χ3v) is 8.64. The van der Waals surface area contributed by atoms with E-state index >= 15 is 0 Å². The number of carbonyl (C=O) groups is 1. The Hall–Kier alpha value is -3.11. The first-order valence-corrected chi connectivity index (χ1v) is 14.4. The zero-order valence-electron chi connectivity index (χ0n) is 18.0. The number of anilines is 1. The van der Waals surface area contributed by atoms with E-state index in [1.807, 2.05) is 25.7 Å². The molecule has 1 aromatic heterocycles. The Morgan fingerprint density at radius 1 is 1.13 bits per heavy atom. The molecule has 162 valence electrons. The SMILES string of the molecule is CN(C)S(=O)(=O)n1c([Si](C)(C)C)cc2c(N=[N+]=[N-])c(C(=O)Nc3ccccc3)ccc21. The lowest BCUT2D eigenvalue weighted by atomic mass is 10.1. The number of azide groups is 1. The van der Waals surface area contributed by atoms with E-state index in [9.17, 15) is 13.2 Å². The molecule has 0 saturated heterocycles. The van der Waals surface area contributed by atoms with Crippen molar-refractivity contribution in [2.24, 2.45) is 5.11 Å². The highest BCUT2D eigenvalue weighted by Gasteiger charge is 2.31. The maximum atomic E-state index is 13.1. The minimum atomic E-state index is -3.84. The highest BCUT2D eigenvalue weighted by molar-refractivity contribution is 7.88. The number of amides is 1. The zero-order valence-corrected chi connectivity index (χ0v) is 19.8. The van der Waals surface area contributed by atoms with Crippen molar-refractivity contribution < 1.29 is 13.2 Å². The van der Waals surface area contributed by atoms with Gasteiger partial charge in [-0.15, -0.1) is 0 Å². The van der Waals surface area contributed by atoms with Crippen LogP contribution in [0.4, 0.5) is 11.4 Å². The molecule has 0 aliphatic heterocycles. The largest absolute Gasteiger partial charge is 0.322 e. The highest BCUT2D eigenvalue weighted by Crippen LogP contribution is 2.33. The summed E-state index contributed by atoms with van der Waals surface area (Å²) < 4.78 is 28.7. The van der Waals surface area contributed by atoms with Crippen LogP contribution in [0.5, 0.6) is 0 Å². The molecule has 2 aromatic carbocycles. The van der Waals surface area contributed by atoms with E-state index in [1.54, 1.807) is 36.4 Å². The summed E-state index contributed by atoms with van der Waals surface area (Å²) in [5.41, 5.74) is 10.4. The molecule has 0 aliphatic carbocycles. The van der Waals surface area contributed by atoms with Crippen molar-refractivity contribution in [2.75, 3.05) is 19.4 Å². The molecule has 0 saturated carbocycles. The molecule has 0 spiro atoms. The van der Waals surface area contributed by atoms with Crippen LogP contribution in [0.25, 0.3) is 21.3 Å². The van der Waals surface area contributed by atoms with Crippen LogP contribution in [0.2, 0.25) is 19.6 Å². The quantitative estimate of drug-likeness (QED) is 0.261. The summed E-state index contributed by atoms with van der Waals surface area (Å²) >= 11 is 0. The van der Waals surface area contributed by atoms with Crippen LogP contribution in [0, 0.1) is 0 Å². The van der Waals surface area contributed by atoms with Gasteiger partial charge in [0, 0.05) is 41.0 Å². The molecule has 0 fully saturated rings. The van der Waals surface area contributed by atoms with Gasteiger partial charge in [-0.3, -0.25) is 4.79 Å². The second kappa shape index (κ2) is 8.20. The van der Waals surface area contributed by atoms with Crippen LogP contribution in [-0.2, 0) is 10.2 Å². The maximum Gasteiger partial charge on any atom is 0.307 e. The van der Waals surface area contributed by atoms with E-state index < -0.39 is 24.2 Å². The Balaban J connectivity index is 2.31. The van der Waals surface area contributed by atoms with Crippen molar-refractivity contribution in [3.05, 3.63) is 64.5 Å². The molecule has 3 rings (SSSR count). The zero-order chi connectivity index (χ0) is 23.0. The molecule has 0 radical (unpaired) electrons. The van der Waals surface area contributed by atoms with Gasteiger partial charge in [0.15, 0.2) is 0 Å². The van der Waals surface area contributed by atoms with Gasteiger partial charge >= 0.3 is 10.2 Å². The first kappa shape index (κ1) is 22.6. The van der Waals surface area contributed by atoms with E-state index in [1.165, 1.54) is 24.1 Å². The predicted molar refractivity (Wildman–Crippen MR) is 126 cm³/mol. The number of hydrogen-bond donors (Lipinski definition) is 1. The van der Waals surface area contributed by atoms with Crippen LogP contribution in [0.1, 0.15) is 10.4 Å². The van der Waals surface area contributed by atoms with E-state index in [-0.39, 0.29) is 11.3 Å². The van der Waals surface area contributed by atoms with Gasteiger partial charge in [0.05, 0.1) is 11.2 Å². The van der Waals surface area contributed by atoms with Gasteiger partial charge in [-0.2, -0.15) is 12.7 Å². The number of benzene rings is 2. The summed E-state index contributed by atoms with van der Waals surface area (Å²) in [6, 6.07) is 13.7. The molecule has 1 amide bonds. The summed E-state index contributed by atoms with van der Waals surface area (Å²) in [5.74, 6) is -0.451. The fourth-order valence-corrected chi connectivity index (χ4v) is 6.74. The molecule has 0 unspecified atom stereocenters. The Bertz CT molecular complexity index is 1300. The number of para-hydroxylation sites is 1. The van der Waals surface area contributed by atoms with Gasteiger partial charge in [-0.25, -0.2) is 3.97 Å². The number of nitrogens with one attached hydrogen (secondary N) is 1. The molecule has 31 heavy (non-hydrogen) atoms. The van der Waals surface area contributed by atoms with Crippen molar-refractivity contribution in [1.82, 2.24) is 8.28 Å². The normalized spacial score (nSPS) is 12.1. The third-order valence-electron chi connectivity index (χ3n) is 4.79. The van der Waals surface area contributed by atoms with Crippen LogP contribution < -0.4 is 10.6 Å². The third kappa shape index (κ3) is 4.21. The molecule has 1 heterocycles. The van der Waals surface area contributed by atoms with Gasteiger partial charge in [0.1, 0.15) is 8.07 Å². The second-order valence-electron chi connectivity index (χ2n) is 8.24. The standard InChI is InChI=1S/C20H24N6O3SSi/c1-25(2)30(28,29)26-17-12-11-15(20(27)22-14-9-7-6-8-10-14)19(23-24-21)16(17)13-18(26)31(3,4)5/h6-13H,1-5H3,(H,22,27). The van der Waals surface area contributed by atoms with Crippen molar-refractivity contribution in [1.29, 1.82) is 0 Å². The van der Waals surface area contributed by atoms with Gasteiger partial charge in [0.25, 0.3) is 5.91 Å². The smallest absolute Gasteiger partial charge is 0.307 e. The van der Waals surface area contributed by atoms with Crippen molar-refractivity contribution in [3.63, 3.8) is 0 Å². The molecule has 0 aliphatic rings. The van der Waals surface area contributed by atoms with E-state index in [2.05, 4.69) is 15.3 Å². The van der Waals surface area contributed by atoms with E-state index in [4.69, 9.17) is 5.53 Å². The summed E-state index contributed by atoms with van der Waals surface area (Å²) in [6.07, 6.45) is 0. The first-order chi connectivity index (χ1) is 14.5. The summed E-state index contributed by atoms with van der Waals surface area (Å²) in [6.45, 7) is 6.08. The van der Waals surface area contributed by atoms with E-state index in [0.29, 0.717) is 21.9 Å². The molecule has 3 aromatic rings.